The van der Waals surface area contributed by atoms with Crippen molar-refractivity contribution in [1.82, 2.24) is 25.0 Å². The summed E-state index contributed by atoms with van der Waals surface area (Å²) < 4.78 is 14.8. The summed E-state index contributed by atoms with van der Waals surface area (Å²) in [4.78, 5) is 21.1. The van der Waals surface area contributed by atoms with E-state index >= 15 is 0 Å². The maximum atomic E-state index is 13.1. The fraction of sp³-hybridized carbons (Fsp3) is 0.227. The summed E-state index contributed by atoms with van der Waals surface area (Å²) in [6.45, 7) is 6.40. The topological polar surface area (TPSA) is 85.6 Å². The van der Waals surface area contributed by atoms with Crippen molar-refractivity contribution in [2.75, 3.05) is 11.1 Å². The van der Waals surface area contributed by atoms with Gasteiger partial charge in [0.2, 0.25) is 5.91 Å². The van der Waals surface area contributed by atoms with Crippen molar-refractivity contribution < 1.29 is 9.18 Å². The van der Waals surface area contributed by atoms with Crippen molar-refractivity contribution in [2.24, 2.45) is 0 Å². The van der Waals surface area contributed by atoms with E-state index in [2.05, 4.69) is 25.6 Å². The van der Waals surface area contributed by atoms with Gasteiger partial charge in [0.1, 0.15) is 17.2 Å². The number of hydrogen-bond donors (Lipinski definition) is 1. The highest BCUT2D eigenvalue weighted by Crippen LogP contribution is 2.25. The van der Waals surface area contributed by atoms with Crippen LogP contribution in [0, 0.1) is 26.6 Å². The normalized spacial score (nSPS) is 11.1. The Bertz CT molecular complexity index is 1230. The van der Waals surface area contributed by atoms with E-state index in [1.165, 1.54) is 30.2 Å². The lowest BCUT2D eigenvalue weighted by Crippen LogP contribution is -2.16. The van der Waals surface area contributed by atoms with Crippen molar-refractivity contribution >= 4 is 34.5 Å². The van der Waals surface area contributed by atoms with Gasteiger partial charge in [0, 0.05) is 5.69 Å². The zero-order valence-electron chi connectivity index (χ0n) is 17.4. The molecular weight excluding hydrogens is 415 g/mol. The molecule has 9 heteroatoms. The van der Waals surface area contributed by atoms with Crippen molar-refractivity contribution in [1.29, 1.82) is 0 Å². The van der Waals surface area contributed by atoms with E-state index in [1.54, 1.807) is 16.8 Å². The van der Waals surface area contributed by atoms with Gasteiger partial charge in [-0.3, -0.25) is 4.79 Å². The third-order valence-corrected chi connectivity index (χ3v) is 5.77. The molecule has 0 fully saturated rings. The number of hydrogen-bond acceptors (Lipinski definition) is 6. The number of amides is 1. The van der Waals surface area contributed by atoms with Crippen LogP contribution in [0.15, 0.2) is 47.8 Å². The van der Waals surface area contributed by atoms with E-state index in [0.29, 0.717) is 22.7 Å². The van der Waals surface area contributed by atoms with Crippen molar-refractivity contribution in [3.05, 3.63) is 70.8 Å². The zero-order valence-corrected chi connectivity index (χ0v) is 18.2. The lowest BCUT2D eigenvalue weighted by Gasteiger charge is -2.12. The third kappa shape index (κ3) is 4.72. The molecule has 158 valence electrons. The van der Waals surface area contributed by atoms with E-state index in [-0.39, 0.29) is 17.5 Å². The SMILES string of the molecule is Cc1cc(C)c(NC(=O)CSc2ncnc3c2nnn3Cc2ccc(F)cc2)c(C)c1. The Kier molecular flexibility index (Phi) is 5.94. The highest BCUT2D eigenvalue weighted by atomic mass is 32.2. The molecule has 1 N–H and O–H groups in total. The Morgan fingerprint density at radius 1 is 1.10 bits per heavy atom. The number of anilines is 1. The second kappa shape index (κ2) is 8.81. The Balaban J connectivity index is 1.47. The summed E-state index contributed by atoms with van der Waals surface area (Å²) in [7, 11) is 0. The molecular formula is C22H21FN6OS. The minimum Gasteiger partial charge on any atom is -0.325 e. The fourth-order valence-corrected chi connectivity index (χ4v) is 4.16. The van der Waals surface area contributed by atoms with Crippen molar-refractivity contribution in [3.8, 4) is 0 Å². The number of carbonyl (C=O) groups excluding carboxylic acids is 1. The molecule has 0 atom stereocenters. The van der Waals surface area contributed by atoms with Crippen LogP contribution < -0.4 is 5.32 Å². The van der Waals surface area contributed by atoms with Crippen molar-refractivity contribution in [2.45, 2.75) is 32.3 Å². The fourth-order valence-electron chi connectivity index (χ4n) is 3.43. The number of rotatable bonds is 6. The molecule has 0 radical (unpaired) electrons. The number of thioether (sulfide) groups is 1. The first-order chi connectivity index (χ1) is 14.9. The molecule has 7 nitrogen and oxygen atoms in total. The van der Waals surface area contributed by atoms with Gasteiger partial charge in [-0.05, 0) is 49.6 Å². The number of fused-ring (bicyclic) bond motifs is 1. The minimum absolute atomic E-state index is 0.120. The molecule has 2 heterocycles. The lowest BCUT2D eigenvalue weighted by molar-refractivity contribution is -0.113. The van der Waals surface area contributed by atoms with Crippen LogP contribution in [0.1, 0.15) is 22.3 Å². The standard InChI is InChI=1S/C22H21FN6OS/c1-13-8-14(2)19(15(3)9-13)26-18(30)11-31-22-20-21(24-12-25-22)29(28-27-20)10-16-4-6-17(23)7-5-16/h4-9,12H,10-11H2,1-3H3,(H,26,30). The van der Waals surface area contributed by atoms with Crippen LogP contribution in [0.25, 0.3) is 11.2 Å². The summed E-state index contributed by atoms with van der Waals surface area (Å²) in [5.74, 6) is -0.225. The van der Waals surface area contributed by atoms with Crippen LogP contribution in [0.5, 0.6) is 0 Å². The van der Waals surface area contributed by atoms with E-state index in [1.807, 2.05) is 32.9 Å². The lowest BCUT2D eigenvalue weighted by atomic mass is 10.1. The number of halogens is 1. The summed E-state index contributed by atoms with van der Waals surface area (Å²) in [6.07, 6.45) is 1.43. The molecule has 0 aliphatic heterocycles. The predicted octanol–water partition coefficient (Wildman–Crippen LogP) is 4.06. The van der Waals surface area contributed by atoms with Gasteiger partial charge in [-0.1, -0.05) is 46.8 Å². The summed E-state index contributed by atoms with van der Waals surface area (Å²) in [5.41, 5.74) is 6.04. The van der Waals surface area contributed by atoms with Crippen LogP contribution in [-0.2, 0) is 11.3 Å². The first-order valence-electron chi connectivity index (χ1n) is 9.70. The molecule has 0 bridgehead atoms. The van der Waals surface area contributed by atoms with Gasteiger partial charge in [0.15, 0.2) is 11.2 Å². The van der Waals surface area contributed by atoms with Gasteiger partial charge < -0.3 is 5.32 Å². The average Bonchev–Trinajstić information content (AvgIpc) is 3.14. The molecule has 31 heavy (non-hydrogen) atoms. The molecule has 1 amide bonds. The number of nitrogens with one attached hydrogen (secondary N) is 1. The van der Waals surface area contributed by atoms with Crippen LogP contribution in [0.2, 0.25) is 0 Å². The Labute approximate surface area is 183 Å². The predicted molar refractivity (Wildman–Crippen MR) is 119 cm³/mol. The van der Waals surface area contributed by atoms with Gasteiger partial charge >= 0.3 is 0 Å². The summed E-state index contributed by atoms with van der Waals surface area (Å²) in [5, 5.41) is 11.9. The third-order valence-electron chi connectivity index (χ3n) is 4.79. The van der Waals surface area contributed by atoms with E-state index in [9.17, 15) is 9.18 Å². The van der Waals surface area contributed by atoms with E-state index in [4.69, 9.17) is 0 Å². The van der Waals surface area contributed by atoms with Gasteiger partial charge in [0.05, 0.1) is 12.3 Å². The molecule has 0 spiro atoms. The number of aromatic nitrogens is 5. The number of aryl methyl sites for hydroxylation is 3. The molecule has 4 aromatic rings. The molecule has 0 aliphatic carbocycles. The van der Waals surface area contributed by atoms with Crippen molar-refractivity contribution in [3.63, 3.8) is 0 Å². The minimum atomic E-state index is -0.289. The Morgan fingerprint density at radius 3 is 2.52 bits per heavy atom. The van der Waals surface area contributed by atoms with Crippen LogP contribution >= 0.6 is 11.8 Å². The monoisotopic (exact) mass is 436 g/mol. The first kappa shape index (κ1) is 20.9. The van der Waals surface area contributed by atoms with Crippen LogP contribution in [0.3, 0.4) is 0 Å². The number of carbonyl (C=O) groups is 1. The zero-order chi connectivity index (χ0) is 22.0. The van der Waals surface area contributed by atoms with Gasteiger partial charge in [-0.25, -0.2) is 19.0 Å². The highest BCUT2D eigenvalue weighted by molar-refractivity contribution is 8.00. The second-order valence-electron chi connectivity index (χ2n) is 7.34. The van der Waals surface area contributed by atoms with E-state index in [0.717, 1.165) is 27.9 Å². The second-order valence-corrected chi connectivity index (χ2v) is 8.30. The Hall–Kier alpha value is -3.33. The molecule has 0 aliphatic rings. The van der Waals surface area contributed by atoms with Gasteiger partial charge in [-0.2, -0.15) is 0 Å². The smallest absolute Gasteiger partial charge is 0.234 e. The number of nitrogens with zero attached hydrogens (tertiary/aromatic N) is 5. The highest BCUT2D eigenvalue weighted by Gasteiger charge is 2.15. The molecule has 4 rings (SSSR count). The van der Waals surface area contributed by atoms with Crippen LogP contribution in [-0.4, -0.2) is 36.6 Å². The quantitative estimate of drug-likeness (QED) is 0.362. The summed E-state index contributed by atoms with van der Waals surface area (Å²) >= 11 is 1.29. The Morgan fingerprint density at radius 2 is 1.81 bits per heavy atom. The average molecular weight is 437 g/mol. The molecule has 0 saturated heterocycles. The molecule has 0 saturated carbocycles. The number of benzene rings is 2. The molecule has 2 aromatic carbocycles. The molecule has 0 unspecified atom stereocenters. The van der Waals surface area contributed by atoms with Gasteiger partial charge in [-0.15, -0.1) is 5.10 Å². The van der Waals surface area contributed by atoms with E-state index < -0.39 is 0 Å². The maximum absolute atomic E-state index is 13.1. The summed E-state index contributed by atoms with van der Waals surface area (Å²) in [6, 6.07) is 10.3. The van der Waals surface area contributed by atoms with Crippen LogP contribution in [0.4, 0.5) is 10.1 Å². The first-order valence-corrected chi connectivity index (χ1v) is 10.7. The van der Waals surface area contributed by atoms with Gasteiger partial charge in [0.25, 0.3) is 0 Å². The largest absolute Gasteiger partial charge is 0.325 e. The molecule has 2 aromatic heterocycles. The maximum Gasteiger partial charge on any atom is 0.234 e.